The van der Waals surface area contributed by atoms with Crippen molar-refractivity contribution in [2.75, 3.05) is 0 Å². The molecule has 0 amide bonds. The Kier molecular flexibility index (Phi) is 5.26. The van der Waals surface area contributed by atoms with Gasteiger partial charge in [0, 0.05) is 30.1 Å². The van der Waals surface area contributed by atoms with Crippen LogP contribution in [0.3, 0.4) is 0 Å². The average Bonchev–Trinajstić information content (AvgIpc) is 3.19. The summed E-state index contributed by atoms with van der Waals surface area (Å²) in [5.74, 6) is -0.250. The predicted molar refractivity (Wildman–Crippen MR) is 108 cm³/mol. The zero-order chi connectivity index (χ0) is 19.3. The fraction of sp³-hybridized carbons (Fsp3) is 0.130. The zero-order valence-electron chi connectivity index (χ0n) is 15.6. The molecule has 2 N–H and O–H groups in total. The fourth-order valence-electron chi connectivity index (χ4n) is 3.40. The van der Waals surface area contributed by atoms with Crippen molar-refractivity contribution in [1.82, 2.24) is 20.5 Å². The zero-order valence-corrected chi connectivity index (χ0v) is 15.6. The average molecular weight is 372 g/mol. The van der Waals surface area contributed by atoms with Gasteiger partial charge in [-0.15, -0.1) is 0 Å². The highest BCUT2D eigenvalue weighted by atomic mass is 19.1. The van der Waals surface area contributed by atoms with Crippen molar-refractivity contribution >= 4 is 0 Å². The third kappa shape index (κ3) is 3.85. The fourth-order valence-corrected chi connectivity index (χ4v) is 3.40. The number of nitrogens with one attached hydrogen (secondary N) is 2. The Morgan fingerprint density at radius 3 is 2.50 bits per heavy atom. The van der Waals surface area contributed by atoms with Crippen LogP contribution in [0.1, 0.15) is 28.3 Å². The molecule has 4 rings (SSSR count). The lowest BCUT2D eigenvalue weighted by Gasteiger charge is -2.21. The first-order valence-electron chi connectivity index (χ1n) is 9.19. The molecule has 2 aromatic heterocycles. The van der Waals surface area contributed by atoms with Gasteiger partial charge in [0.1, 0.15) is 5.82 Å². The summed E-state index contributed by atoms with van der Waals surface area (Å²) in [5, 5.41) is 10.9. The Labute approximate surface area is 163 Å². The van der Waals surface area contributed by atoms with Crippen LogP contribution in [0.2, 0.25) is 0 Å². The second-order valence-electron chi connectivity index (χ2n) is 6.73. The Balaban J connectivity index is 1.62. The van der Waals surface area contributed by atoms with E-state index in [0.29, 0.717) is 6.54 Å². The lowest BCUT2D eigenvalue weighted by molar-refractivity contribution is 0.602. The number of aromatic nitrogens is 3. The first-order chi connectivity index (χ1) is 13.7. The van der Waals surface area contributed by atoms with E-state index in [1.807, 2.05) is 36.8 Å². The number of aryl methyl sites for hydroxylation is 1. The first kappa shape index (κ1) is 18.1. The molecular weight excluding hydrogens is 351 g/mol. The largest absolute Gasteiger partial charge is 0.302 e. The van der Waals surface area contributed by atoms with E-state index in [-0.39, 0.29) is 11.9 Å². The molecule has 0 fully saturated rings. The molecule has 0 aliphatic rings. The van der Waals surface area contributed by atoms with E-state index in [1.54, 1.807) is 12.1 Å². The van der Waals surface area contributed by atoms with Gasteiger partial charge in [-0.1, -0.05) is 24.3 Å². The number of hydrogen-bond donors (Lipinski definition) is 2. The highest BCUT2D eigenvalue weighted by molar-refractivity contribution is 5.62. The minimum atomic E-state index is -0.250. The molecule has 0 unspecified atom stereocenters. The van der Waals surface area contributed by atoms with Gasteiger partial charge in [-0.05, 0) is 60.0 Å². The van der Waals surface area contributed by atoms with Gasteiger partial charge in [0.05, 0.1) is 17.9 Å². The Hall–Kier alpha value is -3.31. The molecule has 0 aliphatic carbocycles. The molecule has 0 aliphatic heterocycles. The van der Waals surface area contributed by atoms with Crippen molar-refractivity contribution in [1.29, 1.82) is 0 Å². The quantitative estimate of drug-likeness (QED) is 0.511. The van der Waals surface area contributed by atoms with E-state index in [0.717, 1.165) is 22.4 Å². The molecule has 0 saturated carbocycles. The third-order valence-corrected chi connectivity index (χ3v) is 4.89. The van der Waals surface area contributed by atoms with E-state index in [1.165, 1.54) is 23.3 Å². The van der Waals surface area contributed by atoms with Crippen LogP contribution in [0, 0.1) is 12.7 Å². The van der Waals surface area contributed by atoms with Gasteiger partial charge in [0.25, 0.3) is 0 Å². The van der Waals surface area contributed by atoms with Crippen LogP contribution in [0.5, 0.6) is 0 Å². The van der Waals surface area contributed by atoms with Crippen molar-refractivity contribution in [3.05, 3.63) is 107 Å². The van der Waals surface area contributed by atoms with E-state index >= 15 is 0 Å². The topological polar surface area (TPSA) is 53.6 Å². The van der Waals surface area contributed by atoms with Gasteiger partial charge in [-0.3, -0.25) is 10.1 Å². The number of halogens is 1. The molecule has 1 atom stereocenters. The summed E-state index contributed by atoms with van der Waals surface area (Å²) < 4.78 is 13.3. The molecule has 5 heteroatoms. The predicted octanol–water partition coefficient (Wildman–Crippen LogP) is 4.80. The monoisotopic (exact) mass is 372 g/mol. The van der Waals surface area contributed by atoms with Crippen molar-refractivity contribution < 1.29 is 4.39 Å². The molecule has 0 bridgehead atoms. The molecular formula is C23H21FN4. The highest BCUT2D eigenvalue weighted by Gasteiger charge is 2.17. The van der Waals surface area contributed by atoms with E-state index in [9.17, 15) is 4.39 Å². The molecule has 0 spiro atoms. The normalized spacial score (nSPS) is 12.1. The lowest BCUT2D eigenvalue weighted by Crippen LogP contribution is -2.23. The maximum atomic E-state index is 13.3. The SMILES string of the molecule is Cc1ccccc1[C@@H](NCc1cn[nH]c1-c1ccc(F)cc1)c1ccncc1. The van der Waals surface area contributed by atoms with Crippen LogP contribution in [-0.4, -0.2) is 15.2 Å². The molecule has 2 heterocycles. The number of aromatic amines is 1. The molecule has 4 nitrogen and oxygen atoms in total. The summed E-state index contributed by atoms with van der Waals surface area (Å²) in [6.45, 7) is 2.73. The van der Waals surface area contributed by atoms with Crippen LogP contribution in [0.25, 0.3) is 11.3 Å². The van der Waals surface area contributed by atoms with E-state index < -0.39 is 0 Å². The maximum Gasteiger partial charge on any atom is 0.123 e. The number of H-pyrrole nitrogens is 1. The van der Waals surface area contributed by atoms with Crippen LogP contribution < -0.4 is 5.32 Å². The van der Waals surface area contributed by atoms with Crippen LogP contribution in [0.4, 0.5) is 4.39 Å². The summed E-state index contributed by atoms with van der Waals surface area (Å²) in [6.07, 6.45) is 5.43. The van der Waals surface area contributed by atoms with E-state index in [2.05, 4.69) is 45.6 Å². The van der Waals surface area contributed by atoms with Gasteiger partial charge in [-0.25, -0.2) is 4.39 Å². The Morgan fingerprint density at radius 2 is 1.75 bits per heavy atom. The van der Waals surface area contributed by atoms with Gasteiger partial charge in [0.15, 0.2) is 0 Å². The maximum absolute atomic E-state index is 13.3. The van der Waals surface area contributed by atoms with Crippen molar-refractivity contribution in [2.45, 2.75) is 19.5 Å². The summed E-state index contributed by atoms with van der Waals surface area (Å²) in [5.41, 5.74) is 6.43. The molecule has 4 aromatic rings. The standard InChI is InChI=1S/C23H21FN4/c1-16-4-2-3-5-21(16)23(18-10-12-25-13-11-18)26-14-19-15-27-28-22(19)17-6-8-20(24)9-7-17/h2-13,15,23,26H,14H2,1H3,(H,27,28)/t23-/m0/s1. The summed E-state index contributed by atoms with van der Waals surface area (Å²) in [7, 11) is 0. The van der Waals surface area contributed by atoms with E-state index in [4.69, 9.17) is 0 Å². The number of nitrogens with zero attached hydrogens (tertiary/aromatic N) is 2. The second kappa shape index (κ2) is 8.15. The van der Waals surface area contributed by atoms with Crippen molar-refractivity contribution in [3.63, 3.8) is 0 Å². The van der Waals surface area contributed by atoms with Gasteiger partial charge < -0.3 is 5.32 Å². The number of pyridine rings is 1. The Morgan fingerprint density at radius 1 is 1.00 bits per heavy atom. The molecule has 140 valence electrons. The van der Waals surface area contributed by atoms with Gasteiger partial charge in [0.2, 0.25) is 0 Å². The molecule has 28 heavy (non-hydrogen) atoms. The van der Waals surface area contributed by atoms with Crippen LogP contribution >= 0.6 is 0 Å². The number of rotatable bonds is 6. The van der Waals surface area contributed by atoms with Crippen LogP contribution in [0.15, 0.2) is 79.3 Å². The lowest BCUT2D eigenvalue weighted by atomic mass is 9.95. The summed E-state index contributed by atoms with van der Waals surface area (Å²) in [4.78, 5) is 4.14. The molecule has 0 saturated heterocycles. The van der Waals surface area contributed by atoms with Gasteiger partial charge in [-0.2, -0.15) is 5.10 Å². The highest BCUT2D eigenvalue weighted by Crippen LogP contribution is 2.27. The van der Waals surface area contributed by atoms with Crippen molar-refractivity contribution in [3.8, 4) is 11.3 Å². The number of benzene rings is 2. The molecule has 0 radical (unpaired) electrons. The summed E-state index contributed by atoms with van der Waals surface area (Å²) >= 11 is 0. The number of hydrogen-bond acceptors (Lipinski definition) is 3. The van der Waals surface area contributed by atoms with Gasteiger partial charge >= 0.3 is 0 Å². The Bertz CT molecular complexity index is 1040. The first-order valence-corrected chi connectivity index (χ1v) is 9.19. The second-order valence-corrected chi connectivity index (χ2v) is 6.73. The smallest absolute Gasteiger partial charge is 0.123 e. The summed E-state index contributed by atoms with van der Waals surface area (Å²) in [6, 6.07) is 18.9. The minimum Gasteiger partial charge on any atom is -0.302 e. The molecule has 2 aromatic carbocycles. The minimum absolute atomic E-state index is 0.0279. The van der Waals surface area contributed by atoms with Crippen LogP contribution in [-0.2, 0) is 6.54 Å². The van der Waals surface area contributed by atoms with Crippen molar-refractivity contribution in [2.24, 2.45) is 0 Å². The third-order valence-electron chi connectivity index (χ3n) is 4.89.